The highest BCUT2D eigenvalue weighted by Crippen LogP contribution is 2.14. The molecular formula is C17H15NO6. The van der Waals surface area contributed by atoms with E-state index in [-0.39, 0.29) is 24.7 Å². The van der Waals surface area contributed by atoms with Crippen LogP contribution in [0.5, 0.6) is 5.75 Å². The van der Waals surface area contributed by atoms with Gasteiger partial charge in [-0.3, -0.25) is 14.9 Å². The molecule has 0 aliphatic carbocycles. The number of carbonyl (C=O) groups is 2. The van der Waals surface area contributed by atoms with Crippen molar-refractivity contribution in [3.63, 3.8) is 0 Å². The Balaban J connectivity index is 1.82. The van der Waals surface area contributed by atoms with Gasteiger partial charge in [0.1, 0.15) is 12.4 Å². The number of nitro groups is 1. The zero-order valence-electron chi connectivity index (χ0n) is 12.9. The summed E-state index contributed by atoms with van der Waals surface area (Å²) in [6.07, 6.45) is 0. The first-order valence-electron chi connectivity index (χ1n) is 7.08. The van der Waals surface area contributed by atoms with Gasteiger partial charge in [0.2, 0.25) is 0 Å². The molecule has 7 nitrogen and oxygen atoms in total. The minimum atomic E-state index is -0.582. The fraction of sp³-hybridized carbons (Fsp3) is 0.176. The SMILES string of the molecule is CC(=O)c1cccc(OCC(=O)OCc2ccc([N+](=O)[O-])cc2)c1. The molecule has 7 heteroatoms. The highest BCUT2D eigenvalue weighted by molar-refractivity contribution is 5.94. The molecule has 24 heavy (non-hydrogen) atoms. The predicted molar refractivity (Wildman–Crippen MR) is 84.8 cm³/mol. The number of non-ortho nitro benzene ring substituents is 1. The molecule has 0 amide bonds. The molecule has 124 valence electrons. The number of nitro benzene ring substituents is 1. The fourth-order valence-electron chi connectivity index (χ4n) is 1.87. The highest BCUT2D eigenvalue weighted by atomic mass is 16.6. The number of hydrogen-bond donors (Lipinski definition) is 0. The van der Waals surface area contributed by atoms with Crippen LogP contribution >= 0.6 is 0 Å². The van der Waals surface area contributed by atoms with Crippen molar-refractivity contribution in [3.05, 3.63) is 69.8 Å². The van der Waals surface area contributed by atoms with Crippen molar-refractivity contribution < 1.29 is 24.0 Å². The molecule has 0 saturated heterocycles. The largest absolute Gasteiger partial charge is 0.482 e. The second-order valence-corrected chi connectivity index (χ2v) is 4.96. The maximum absolute atomic E-state index is 11.7. The quantitative estimate of drug-likeness (QED) is 0.335. The second-order valence-electron chi connectivity index (χ2n) is 4.96. The van der Waals surface area contributed by atoms with Gasteiger partial charge in [-0.2, -0.15) is 0 Å². The molecule has 0 atom stereocenters. The maximum Gasteiger partial charge on any atom is 0.344 e. The standard InChI is InChI=1S/C17H15NO6/c1-12(19)14-3-2-4-16(9-14)23-11-17(20)24-10-13-5-7-15(8-6-13)18(21)22/h2-9H,10-11H2,1H3. The lowest BCUT2D eigenvalue weighted by Crippen LogP contribution is -2.14. The number of Topliss-reactive ketones (excluding diaryl/α,β-unsaturated/α-hetero) is 1. The third kappa shape index (κ3) is 4.91. The molecule has 0 unspecified atom stereocenters. The van der Waals surface area contributed by atoms with E-state index in [2.05, 4.69) is 0 Å². The second kappa shape index (κ2) is 7.87. The Morgan fingerprint density at radius 3 is 2.46 bits per heavy atom. The van der Waals surface area contributed by atoms with Crippen molar-refractivity contribution >= 4 is 17.4 Å². The van der Waals surface area contributed by atoms with Gasteiger partial charge in [0, 0.05) is 17.7 Å². The molecule has 0 N–H and O–H groups in total. The van der Waals surface area contributed by atoms with E-state index in [1.54, 1.807) is 24.3 Å². The van der Waals surface area contributed by atoms with Gasteiger partial charge < -0.3 is 9.47 Å². The van der Waals surface area contributed by atoms with Gasteiger partial charge in [-0.05, 0) is 36.8 Å². The van der Waals surface area contributed by atoms with Crippen LogP contribution in [-0.2, 0) is 16.1 Å². The van der Waals surface area contributed by atoms with E-state index in [4.69, 9.17) is 9.47 Å². The van der Waals surface area contributed by atoms with Crippen LogP contribution in [0.15, 0.2) is 48.5 Å². The Morgan fingerprint density at radius 1 is 1.12 bits per heavy atom. The Kier molecular flexibility index (Phi) is 5.62. The first-order chi connectivity index (χ1) is 11.5. The summed E-state index contributed by atoms with van der Waals surface area (Å²) in [5.41, 5.74) is 1.10. The molecule has 2 aromatic rings. The van der Waals surface area contributed by atoms with Crippen LogP contribution in [0, 0.1) is 10.1 Å². The molecule has 0 aliphatic heterocycles. The molecule has 0 radical (unpaired) electrons. The summed E-state index contributed by atoms with van der Waals surface area (Å²) in [5.74, 6) is -0.280. The number of benzene rings is 2. The Bertz CT molecular complexity index is 754. The van der Waals surface area contributed by atoms with Crippen LogP contribution < -0.4 is 4.74 Å². The zero-order chi connectivity index (χ0) is 17.5. The zero-order valence-corrected chi connectivity index (χ0v) is 12.9. The summed E-state index contributed by atoms with van der Waals surface area (Å²) >= 11 is 0. The highest BCUT2D eigenvalue weighted by Gasteiger charge is 2.08. The van der Waals surface area contributed by atoms with Crippen molar-refractivity contribution in [1.29, 1.82) is 0 Å². The van der Waals surface area contributed by atoms with E-state index >= 15 is 0 Å². The van der Waals surface area contributed by atoms with Gasteiger partial charge in [-0.15, -0.1) is 0 Å². The number of hydrogen-bond acceptors (Lipinski definition) is 6. The molecule has 0 aromatic heterocycles. The van der Waals surface area contributed by atoms with Crippen molar-refractivity contribution in [2.75, 3.05) is 6.61 Å². The van der Waals surface area contributed by atoms with Crippen LogP contribution in [0.25, 0.3) is 0 Å². The summed E-state index contributed by atoms with van der Waals surface area (Å²) in [6.45, 7) is 1.14. The van der Waals surface area contributed by atoms with E-state index in [0.29, 0.717) is 16.9 Å². The van der Waals surface area contributed by atoms with Gasteiger partial charge in [-0.25, -0.2) is 4.79 Å². The summed E-state index contributed by atoms with van der Waals surface area (Å²) < 4.78 is 10.3. The van der Waals surface area contributed by atoms with Crippen molar-refractivity contribution in [1.82, 2.24) is 0 Å². The van der Waals surface area contributed by atoms with Crippen LogP contribution in [0.3, 0.4) is 0 Å². The molecule has 0 heterocycles. The van der Waals surface area contributed by atoms with Gasteiger partial charge in [-0.1, -0.05) is 12.1 Å². The Morgan fingerprint density at radius 2 is 1.83 bits per heavy atom. The van der Waals surface area contributed by atoms with E-state index in [1.807, 2.05) is 0 Å². The first kappa shape index (κ1) is 17.1. The third-order valence-electron chi connectivity index (χ3n) is 3.14. The fourth-order valence-corrected chi connectivity index (χ4v) is 1.87. The van der Waals surface area contributed by atoms with Crippen molar-refractivity contribution in [2.24, 2.45) is 0 Å². The van der Waals surface area contributed by atoms with Gasteiger partial charge in [0.25, 0.3) is 5.69 Å². The monoisotopic (exact) mass is 329 g/mol. The molecule has 0 spiro atoms. The van der Waals surface area contributed by atoms with E-state index in [1.165, 1.54) is 31.2 Å². The summed E-state index contributed by atoms with van der Waals surface area (Å²) in [7, 11) is 0. The summed E-state index contributed by atoms with van der Waals surface area (Å²) in [4.78, 5) is 33.0. The van der Waals surface area contributed by atoms with Gasteiger partial charge in [0.15, 0.2) is 12.4 Å². The number of esters is 1. The number of ketones is 1. The molecule has 0 aliphatic rings. The number of carbonyl (C=O) groups excluding carboxylic acids is 2. The van der Waals surface area contributed by atoms with Crippen LogP contribution in [-0.4, -0.2) is 23.3 Å². The van der Waals surface area contributed by atoms with Gasteiger partial charge >= 0.3 is 5.97 Å². The number of rotatable bonds is 7. The third-order valence-corrected chi connectivity index (χ3v) is 3.14. The normalized spacial score (nSPS) is 10.0. The Labute approximate surface area is 138 Å². The lowest BCUT2D eigenvalue weighted by molar-refractivity contribution is -0.384. The number of ether oxygens (including phenoxy) is 2. The molecule has 0 saturated carbocycles. The van der Waals surface area contributed by atoms with E-state index < -0.39 is 10.9 Å². The van der Waals surface area contributed by atoms with Crippen LogP contribution in [0.1, 0.15) is 22.8 Å². The first-order valence-corrected chi connectivity index (χ1v) is 7.08. The number of nitrogens with zero attached hydrogens (tertiary/aromatic N) is 1. The lowest BCUT2D eigenvalue weighted by Gasteiger charge is -2.08. The predicted octanol–water partition coefficient (Wildman–Crippen LogP) is 2.92. The molecule has 2 aromatic carbocycles. The summed E-state index contributed by atoms with van der Waals surface area (Å²) in [6, 6.07) is 12.2. The average molecular weight is 329 g/mol. The van der Waals surface area contributed by atoms with Crippen LogP contribution in [0.4, 0.5) is 5.69 Å². The minimum absolute atomic E-state index is 0.00628. The average Bonchev–Trinajstić information content (AvgIpc) is 2.58. The topological polar surface area (TPSA) is 95.7 Å². The maximum atomic E-state index is 11.7. The van der Waals surface area contributed by atoms with Crippen molar-refractivity contribution in [3.8, 4) is 5.75 Å². The van der Waals surface area contributed by atoms with Gasteiger partial charge in [0.05, 0.1) is 4.92 Å². The molecule has 0 fully saturated rings. The van der Waals surface area contributed by atoms with E-state index in [9.17, 15) is 19.7 Å². The Hall–Kier alpha value is -3.22. The lowest BCUT2D eigenvalue weighted by atomic mass is 10.1. The molecular weight excluding hydrogens is 314 g/mol. The van der Waals surface area contributed by atoms with E-state index in [0.717, 1.165) is 0 Å². The molecule has 2 rings (SSSR count). The summed E-state index contributed by atoms with van der Waals surface area (Å²) in [5, 5.41) is 10.5. The van der Waals surface area contributed by atoms with Crippen molar-refractivity contribution in [2.45, 2.75) is 13.5 Å². The molecule has 0 bridgehead atoms. The smallest absolute Gasteiger partial charge is 0.344 e. The minimum Gasteiger partial charge on any atom is -0.482 e. The van der Waals surface area contributed by atoms with Crippen LogP contribution in [0.2, 0.25) is 0 Å².